The first-order chi connectivity index (χ1) is 7.79. The summed E-state index contributed by atoms with van der Waals surface area (Å²) in [7, 11) is 0. The maximum atomic E-state index is 9.22. The maximum absolute atomic E-state index is 9.22. The predicted molar refractivity (Wildman–Crippen MR) is 68.2 cm³/mol. The molecule has 16 heavy (non-hydrogen) atoms. The van der Waals surface area contributed by atoms with Gasteiger partial charge in [0.15, 0.2) is 0 Å². The van der Waals surface area contributed by atoms with Gasteiger partial charge in [-0.25, -0.2) is 0 Å². The van der Waals surface area contributed by atoms with Gasteiger partial charge in [0.05, 0.1) is 12.0 Å². The molecule has 1 unspecified atom stereocenters. The summed E-state index contributed by atoms with van der Waals surface area (Å²) in [6.07, 6.45) is 2.55. The van der Waals surface area contributed by atoms with Crippen LogP contribution in [0.5, 0.6) is 0 Å². The van der Waals surface area contributed by atoms with Crippen LogP contribution in [-0.4, -0.2) is 24.5 Å². The minimum atomic E-state index is 0.00574. The summed E-state index contributed by atoms with van der Waals surface area (Å²) in [4.78, 5) is 2.38. The lowest BCUT2D eigenvalue weighted by molar-refractivity contribution is 0.332. The zero-order valence-electron chi connectivity index (χ0n) is 9.19. The van der Waals surface area contributed by atoms with Gasteiger partial charge in [0, 0.05) is 11.0 Å². The molecule has 0 N–H and O–H groups in total. The van der Waals surface area contributed by atoms with Gasteiger partial charge in [0.2, 0.25) is 0 Å². The van der Waals surface area contributed by atoms with Crippen molar-refractivity contribution in [3.05, 3.63) is 34.3 Å². The molecule has 1 aliphatic rings. The van der Waals surface area contributed by atoms with Gasteiger partial charge in [-0.15, -0.1) is 0 Å². The van der Waals surface area contributed by atoms with Crippen LogP contribution >= 0.6 is 15.9 Å². The molecule has 0 amide bonds. The molecule has 0 radical (unpaired) electrons. The Labute approximate surface area is 105 Å². The highest BCUT2D eigenvalue weighted by Gasteiger charge is 2.18. The number of benzene rings is 1. The lowest BCUT2D eigenvalue weighted by Crippen LogP contribution is -2.24. The first-order valence-corrected chi connectivity index (χ1v) is 6.46. The van der Waals surface area contributed by atoms with Gasteiger partial charge >= 0.3 is 0 Å². The van der Waals surface area contributed by atoms with Crippen LogP contribution in [0.4, 0.5) is 0 Å². The third-order valence-electron chi connectivity index (χ3n) is 3.07. The minimum Gasteiger partial charge on any atom is -0.302 e. The lowest BCUT2D eigenvalue weighted by atomic mass is 10.0. The molecule has 1 atom stereocenters. The molecule has 1 aliphatic heterocycles. The average molecular weight is 279 g/mol. The van der Waals surface area contributed by atoms with Crippen molar-refractivity contribution in [3.63, 3.8) is 0 Å². The number of hydrogen-bond donors (Lipinski definition) is 0. The van der Waals surface area contributed by atoms with Crippen molar-refractivity contribution in [2.45, 2.75) is 18.8 Å². The lowest BCUT2D eigenvalue weighted by Gasteiger charge is -2.18. The van der Waals surface area contributed by atoms with E-state index in [-0.39, 0.29) is 5.92 Å². The van der Waals surface area contributed by atoms with Crippen molar-refractivity contribution in [2.75, 3.05) is 19.6 Å². The van der Waals surface area contributed by atoms with E-state index in [0.717, 1.165) is 29.7 Å². The van der Waals surface area contributed by atoms with E-state index in [9.17, 15) is 5.26 Å². The van der Waals surface area contributed by atoms with E-state index in [2.05, 4.69) is 26.9 Å². The number of rotatable bonds is 3. The highest BCUT2D eigenvalue weighted by molar-refractivity contribution is 9.10. The number of halogens is 1. The van der Waals surface area contributed by atoms with Crippen LogP contribution in [0.15, 0.2) is 28.7 Å². The molecule has 2 rings (SSSR count). The molecule has 84 valence electrons. The van der Waals surface area contributed by atoms with Crippen molar-refractivity contribution >= 4 is 15.9 Å². The Balaban J connectivity index is 2.04. The van der Waals surface area contributed by atoms with Crippen molar-refractivity contribution in [1.29, 1.82) is 5.26 Å². The van der Waals surface area contributed by atoms with E-state index in [0.29, 0.717) is 0 Å². The van der Waals surface area contributed by atoms with E-state index in [1.54, 1.807) is 0 Å². The van der Waals surface area contributed by atoms with Crippen LogP contribution < -0.4 is 0 Å². The smallest absolute Gasteiger partial charge is 0.0839 e. The topological polar surface area (TPSA) is 27.0 Å². The van der Waals surface area contributed by atoms with Gasteiger partial charge in [-0.1, -0.05) is 28.1 Å². The monoisotopic (exact) mass is 278 g/mol. The Bertz CT molecular complexity index is 374. The highest BCUT2D eigenvalue weighted by atomic mass is 79.9. The summed E-state index contributed by atoms with van der Waals surface area (Å²) in [6.45, 7) is 3.17. The molecule has 1 fully saturated rings. The summed E-state index contributed by atoms with van der Waals surface area (Å²) in [5.41, 5.74) is 1.12. The Morgan fingerprint density at radius 2 is 1.88 bits per heavy atom. The fourth-order valence-corrected chi connectivity index (χ4v) is 2.40. The molecule has 0 aromatic heterocycles. The molecular formula is C13H15BrN2. The summed E-state index contributed by atoms with van der Waals surface area (Å²) in [6, 6.07) is 10.5. The van der Waals surface area contributed by atoms with Crippen molar-refractivity contribution < 1.29 is 0 Å². The van der Waals surface area contributed by atoms with E-state index in [4.69, 9.17) is 0 Å². The summed E-state index contributed by atoms with van der Waals surface area (Å²) in [5.74, 6) is 0.00574. The molecule has 1 aromatic carbocycles. The Morgan fingerprint density at radius 1 is 1.25 bits per heavy atom. The highest BCUT2D eigenvalue weighted by Crippen LogP contribution is 2.21. The molecule has 1 heterocycles. The SMILES string of the molecule is N#CC(CN1CCCC1)c1ccc(Br)cc1. The number of likely N-dealkylation sites (tertiary alicyclic amines) is 1. The Kier molecular flexibility index (Phi) is 3.98. The van der Waals surface area contributed by atoms with E-state index >= 15 is 0 Å². The standard InChI is InChI=1S/C13H15BrN2/c14-13-5-3-11(4-6-13)12(9-15)10-16-7-1-2-8-16/h3-6,12H,1-2,7-8,10H2. The maximum Gasteiger partial charge on any atom is 0.0839 e. The van der Waals surface area contributed by atoms with Crippen molar-refractivity contribution in [3.8, 4) is 6.07 Å². The number of hydrogen-bond acceptors (Lipinski definition) is 2. The van der Waals surface area contributed by atoms with E-state index in [1.807, 2.05) is 24.3 Å². The molecule has 1 saturated heterocycles. The molecule has 0 aliphatic carbocycles. The largest absolute Gasteiger partial charge is 0.302 e. The third kappa shape index (κ3) is 2.84. The zero-order chi connectivity index (χ0) is 11.4. The predicted octanol–water partition coefficient (Wildman–Crippen LogP) is 3.15. The van der Waals surface area contributed by atoms with E-state index in [1.165, 1.54) is 12.8 Å². The molecular weight excluding hydrogens is 264 g/mol. The Morgan fingerprint density at radius 3 is 2.44 bits per heavy atom. The second-order valence-electron chi connectivity index (χ2n) is 4.24. The van der Waals surface area contributed by atoms with Gasteiger partial charge in [-0.2, -0.15) is 5.26 Å². The number of nitriles is 1. The van der Waals surface area contributed by atoms with Crippen LogP contribution in [0.3, 0.4) is 0 Å². The second-order valence-corrected chi connectivity index (χ2v) is 5.16. The molecule has 3 heteroatoms. The summed E-state index contributed by atoms with van der Waals surface area (Å²) in [5, 5.41) is 9.22. The Hall–Kier alpha value is -0.850. The molecule has 0 saturated carbocycles. The molecule has 2 nitrogen and oxygen atoms in total. The van der Waals surface area contributed by atoms with Gasteiger partial charge < -0.3 is 4.90 Å². The normalized spacial score (nSPS) is 18.2. The van der Waals surface area contributed by atoms with Crippen LogP contribution in [0.1, 0.15) is 24.3 Å². The van der Waals surface area contributed by atoms with Crippen molar-refractivity contribution in [1.82, 2.24) is 4.90 Å². The third-order valence-corrected chi connectivity index (χ3v) is 3.60. The summed E-state index contributed by atoms with van der Waals surface area (Å²) < 4.78 is 1.06. The van der Waals surface area contributed by atoms with Gasteiger partial charge in [-0.3, -0.25) is 0 Å². The van der Waals surface area contributed by atoms with Crippen LogP contribution in [0, 0.1) is 11.3 Å². The number of nitrogens with zero attached hydrogens (tertiary/aromatic N) is 2. The quantitative estimate of drug-likeness (QED) is 0.849. The van der Waals surface area contributed by atoms with Gasteiger partial charge in [0.1, 0.15) is 0 Å². The second kappa shape index (κ2) is 5.47. The van der Waals surface area contributed by atoms with Crippen LogP contribution in [0.2, 0.25) is 0 Å². The first-order valence-electron chi connectivity index (χ1n) is 5.67. The van der Waals surface area contributed by atoms with Gasteiger partial charge in [-0.05, 0) is 43.6 Å². The minimum absolute atomic E-state index is 0.00574. The fraction of sp³-hybridized carbons (Fsp3) is 0.462. The first kappa shape index (κ1) is 11.6. The molecule has 0 bridgehead atoms. The van der Waals surface area contributed by atoms with Crippen LogP contribution in [-0.2, 0) is 0 Å². The fourth-order valence-electron chi connectivity index (χ4n) is 2.14. The summed E-state index contributed by atoms with van der Waals surface area (Å²) >= 11 is 3.41. The van der Waals surface area contributed by atoms with Crippen molar-refractivity contribution in [2.24, 2.45) is 0 Å². The van der Waals surface area contributed by atoms with Crippen LogP contribution in [0.25, 0.3) is 0 Å². The molecule has 0 spiro atoms. The van der Waals surface area contributed by atoms with E-state index < -0.39 is 0 Å². The van der Waals surface area contributed by atoms with Gasteiger partial charge in [0.25, 0.3) is 0 Å². The average Bonchev–Trinajstić information content (AvgIpc) is 2.80. The molecule has 1 aromatic rings. The zero-order valence-corrected chi connectivity index (χ0v) is 10.8.